The molecule has 1 aliphatic heterocycles. The summed E-state index contributed by atoms with van der Waals surface area (Å²) >= 11 is 0. The molecule has 234 valence electrons. The van der Waals surface area contributed by atoms with Crippen molar-refractivity contribution >= 4 is 0 Å². The second-order valence-corrected chi connectivity index (χ2v) is 14.6. The molecule has 1 saturated heterocycles. The molecule has 0 spiro atoms. The summed E-state index contributed by atoms with van der Waals surface area (Å²) in [6.07, 6.45) is 32.3. The van der Waals surface area contributed by atoms with Gasteiger partial charge in [0.2, 0.25) is 0 Å². The maximum atomic E-state index is 10.2. The van der Waals surface area contributed by atoms with Gasteiger partial charge < -0.3 is 14.9 Å². The highest BCUT2D eigenvalue weighted by atomic mass is 16.6. The van der Waals surface area contributed by atoms with Crippen molar-refractivity contribution in [2.45, 2.75) is 118 Å². The molecular weight excluding hydrogens is 528 g/mol. The zero-order valence-electron chi connectivity index (χ0n) is 28.4. The van der Waals surface area contributed by atoms with E-state index in [0.29, 0.717) is 6.42 Å². The highest BCUT2D eigenvalue weighted by molar-refractivity contribution is 5.39. The van der Waals surface area contributed by atoms with E-state index >= 15 is 0 Å². The zero-order valence-corrected chi connectivity index (χ0v) is 28.4. The van der Waals surface area contributed by atoms with Gasteiger partial charge in [0.05, 0.1) is 12.2 Å². The highest BCUT2D eigenvalue weighted by Gasteiger charge is 2.74. The Hall–Kier alpha value is -2.72. The third-order valence-electron chi connectivity index (χ3n) is 9.34. The molecule has 3 rings (SSSR count). The number of ether oxygens (including phenoxy) is 1. The summed E-state index contributed by atoms with van der Waals surface area (Å²) in [5.41, 5.74) is 6.71. The van der Waals surface area contributed by atoms with Crippen LogP contribution in [0.25, 0.3) is 0 Å². The SMILES string of the molecule is CC(C=CC1=C(C)CC(O)CC1(C)C)=CC=CC(C)=C/C=C/C=C(C)/C=C/C=C(C)/C=C/C12OC1(C)CC(O)CC2(C)C. The minimum absolute atomic E-state index is 0.00262. The van der Waals surface area contributed by atoms with Gasteiger partial charge in [0, 0.05) is 11.8 Å². The molecule has 3 heteroatoms. The topological polar surface area (TPSA) is 53.0 Å². The average molecular weight is 585 g/mol. The van der Waals surface area contributed by atoms with Crippen LogP contribution in [0.5, 0.6) is 0 Å². The molecule has 0 aromatic carbocycles. The van der Waals surface area contributed by atoms with E-state index in [2.05, 4.69) is 154 Å². The smallest absolute Gasteiger partial charge is 0.121 e. The van der Waals surface area contributed by atoms with Crippen LogP contribution >= 0.6 is 0 Å². The van der Waals surface area contributed by atoms with E-state index in [1.54, 1.807) is 0 Å². The zero-order chi connectivity index (χ0) is 32.1. The number of epoxide rings is 1. The summed E-state index contributed by atoms with van der Waals surface area (Å²) in [5, 5.41) is 20.4. The van der Waals surface area contributed by atoms with Crippen molar-refractivity contribution in [1.82, 2.24) is 0 Å². The first-order chi connectivity index (χ1) is 20.0. The molecule has 2 aliphatic carbocycles. The quantitative estimate of drug-likeness (QED) is 0.198. The molecule has 3 aliphatic rings. The van der Waals surface area contributed by atoms with Gasteiger partial charge in [-0.1, -0.05) is 135 Å². The maximum absolute atomic E-state index is 10.2. The van der Waals surface area contributed by atoms with Gasteiger partial charge in [0.15, 0.2) is 0 Å². The van der Waals surface area contributed by atoms with Crippen molar-refractivity contribution in [1.29, 1.82) is 0 Å². The van der Waals surface area contributed by atoms with Crippen LogP contribution in [0.4, 0.5) is 0 Å². The standard InChI is InChI=1S/C40H56O3/c1-29(17-13-19-31(3)21-22-36-33(5)25-34(41)26-37(36,6)7)15-11-12-16-30(2)18-14-20-32(4)23-24-40-38(8,9)27-35(42)28-39(40,10)43-40/h11-24,34-35,41-42H,25-28H2,1-10H3/b12-11+,17-13?,18-14+,22-21?,24-23+,29-15?,30-16+,31-19?,32-20+. The van der Waals surface area contributed by atoms with Crippen LogP contribution in [0.3, 0.4) is 0 Å². The fourth-order valence-corrected chi connectivity index (χ4v) is 7.06. The number of fused-ring (bicyclic) bond motifs is 1. The predicted molar refractivity (Wildman–Crippen MR) is 184 cm³/mol. The molecule has 2 N–H and O–H groups in total. The Morgan fingerprint density at radius 2 is 1.19 bits per heavy atom. The monoisotopic (exact) mass is 584 g/mol. The lowest BCUT2D eigenvalue weighted by molar-refractivity contribution is 0.0515. The van der Waals surface area contributed by atoms with E-state index in [-0.39, 0.29) is 34.2 Å². The third kappa shape index (κ3) is 8.91. The normalized spacial score (nSPS) is 32.3. The van der Waals surface area contributed by atoms with Gasteiger partial charge in [0.25, 0.3) is 0 Å². The van der Waals surface area contributed by atoms with E-state index in [1.165, 1.54) is 33.4 Å². The Morgan fingerprint density at radius 1 is 0.674 bits per heavy atom. The van der Waals surface area contributed by atoms with Gasteiger partial charge in [-0.25, -0.2) is 0 Å². The van der Waals surface area contributed by atoms with E-state index in [9.17, 15) is 10.2 Å². The van der Waals surface area contributed by atoms with Crippen molar-refractivity contribution in [2.24, 2.45) is 10.8 Å². The van der Waals surface area contributed by atoms with Crippen LogP contribution in [0.1, 0.15) is 94.9 Å². The number of aliphatic hydroxyl groups is 2. The van der Waals surface area contributed by atoms with Gasteiger partial charge in [-0.05, 0) is 77.9 Å². The fraction of sp³-hybridized carbons (Fsp3) is 0.500. The Labute approximate surface area is 262 Å². The summed E-state index contributed by atoms with van der Waals surface area (Å²) in [6.45, 7) is 21.5. The first-order valence-corrected chi connectivity index (χ1v) is 15.9. The molecular formula is C40H56O3. The van der Waals surface area contributed by atoms with Gasteiger partial charge in [0.1, 0.15) is 11.2 Å². The van der Waals surface area contributed by atoms with Crippen molar-refractivity contribution < 1.29 is 14.9 Å². The Morgan fingerprint density at radius 3 is 1.72 bits per heavy atom. The van der Waals surface area contributed by atoms with E-state index in [1.807, 2.05) is 0 Å². The van der Waals surface area contributed by atoms with Crippen LogP contribution in [0.2, 0.25) is 0 Å². The molecule has 4 unspecified atom stereocenters. The molecule has 1 heterocycles. The molecule has 0 radical (unpaired) electrons. The molecule has 0 bridgehead atoms. The number of rotatable bonds is 10. The lowest BCUT2D eigenvalue weighted by Gasteiger charge is -2.39. The Kier molecular flexibility index (Phi) is 11.3. The lowest BCUT2D eigenvalue weighted by Crippen LogP contribution is -2.46. The van der Waals surface area contributed by atoms with Crippen LogP contribution in [-0.2, 0) is 4.74 Å². The Balaban J connectivity index is 1.50. The van der Waals surface area contributed by atoms with Gasteiger partial charge in [-0.3, -0.25) is 0 Å². The summed E-state index contributed by atoms with van der Waals surface area (Å²) in [5.74, 6) is 0. The third-order valence-corrected chi connectivity index (χ3v) is 9.34. The molecule has 0 amide bonds. The van der Waals surface area contributed by atoms with Crippen molar-refractivity contribution in [3.63, 3.8) is 0 Å². The Bertz CT molecular complexity index is 1330. The van der Waals surface area contributed by atoms with Gasteiger partial charge >= 0.3 is 0 Å². The first kappa shape index (κ1) is 34.8. The van der Waals surface area contributed by atoms with Crippen molar-refractivity contribution in [3.05, 3.63) is 119 Å². The first-order valence-electron chi connectivity index (χ1n) is 15.9. The molecule has 4 atom stereocenters. The minimum Gasteiger partial charge on any atom is -0.393 e. The summed E-state index contributed by atoms with van der Waals surface area (Å²) in [4.78, 5) is 0. The number of aliphatic hydroxyl groups excluding tert-OH is 2. The molecule has 0 aromatic heterocycles. The predicted octanol–water partition coefficient (Wildman–Crippen LogP) is 9.76. The number of hydrogen-bond donors (Lipinski definition) is 2. The van der Waals surface area contributed by atoms with E-state index in [4.69, 9.17) is 4.74 Å². The highest BCUT2D eigenvalue weighted by Crippen LogP contribution is 2.66. The maximum Gasteiger partial charge on any atom is 0.121 e. The minimum atomic E-state index is -0.291. The summed E-state index contributed by atoms with van der Waals surface area (Å²) in [6, 6.07) is 0. The van der Waals surface area contributed by atoms with Crippen molar-refractivity contribution in [2.75, 3.05) is 0 Å². The second kappa shape index (κ2) is 13.9. The lowest BCUT2D eigenvalue weighted by atomic mass is 9.63. The number of allylic oxidation sites excluding steroid dienone is 18. The van der Waals surface area contributed by atoms with Crippen LogP contribution in [0, 0.1) is 10.8 Å². The van der Waals surface area contributed by atoms with Crippen molar-refractivity contribution in [3.8, 4) is 0 Å². The largest absolute Gasteiger partial charge is 0.393 e. The van der Waals surface area contributed by atoms with Gasteiger partial charge in [-0.15, -0.1) is 0 Å². The average Bonchev–Trinajstić information content (AvgIpc) is 3.49. The number of hydrogen-bond acceptors (Lipinski definition) is 3. The fourth-order valence-electron chi connectivity index (χ4n) is 7.06. The van der Waals surface area contributed by atoms with Gasteiger partial charge in [-0.2, -0.15) is 0 Å². The molecule has 43 heavy (non-hydrogen) atoms. The van der Waals surface area contributed by atoms with E-state index in [0.717, 1.165) is 19.3 Å². The molecule has 3 nitrogen and oxygen atoms in total. The van der Waals surface area contributed by atoms with Crippen LogP contribution in [0.15, 0.2) is 119 Å². The molecule has 0 aromatic rings. The second-order valence-electron chi connectivity index (χ2n) is 14.6. The molecule has 1 saturated carbocycles. The van der Waals surface area contributed by atoms with Crippen LogP contribution < -0.4 is 0 Å². The van der Waals surface area contributed by atoms with Crippen LogP contribution in [-0.4, -0.2) is 33.6 Å². The summed E-state index contributed by atoms with van der Waals surface area (Å²) < 4.78 is 6.25. The summed E-state index contributed by atoms with van der Waals surface area (Å²) in [7, 11) is 0. The molecule has 2 fully saturated rings. The van der Waals surface area contributed by atoms with E-state index < -0.39 is 0 Å².